The number of halogens is 4. The van der Waals surface area contributed by atoms with Crippen molar-refractivity contribution in [2.24, 2.45) is 0 Å². The molecule has 2 fully saturated rings. The molecule has 0 aliphatic carbocycles. The molecule has 9 nitrogen and oxygen atoms in total. The van der Waals surface area contributed by atoms with Gasteiger partial charge in [0.25, 0.3) is 5.91 Å². The van der Waals surface area contributed by atoms with Crippen molar-refractivity contribution in [1.82, 2.24) is 14.9 Å². The first-order valence-corrected chi connectivity index (χ1v) is 13.9. The van der Waals surface area contributed by atoms with E-state index in [2.05, 4.69) is 26.3 Å². The molecule has 2 saturated heterocycles. The van der Waals surface area contributed by atoms with E-state index in [0.29, 0.717) is 36.9 Å². The largest absolute Gasteiger partial charge is 0.417 e. The van der Waals surface area contributed by atoms with Crippen LogP contribution in [0.15, 0.2) is 41.5 Å². The van der Waals surface area contributed by atoms with Crippen LogP contribution in [-0.2, 0) is 6.18 Å². The Labute approximate surface area is 245 Å². The summed E-state index contributed by atoms with van der Waals surface area (Å²) >= 11 is 0. The fourth-order valence-corrected chi connectivity index (χ4v) is 5.70. The number of nitrogens with one attached hydrogen (secondary N) is 2. The molecule has 2 atom stereocenters. The van der Waals surface area contributed by atoms with Crippen LogP contribution in [0, 0.1) is 17.1 Å². The van der Waals surface area contributed by atoms with E-state index in [0.717, 1.165) is 25.9 Å². The van der Waals surface area contributed by atoms with Gasteiger partial charge in [0.1, 0.15) is 17.7 Å². The van der Waals surface area contributed by atoms with E-state index in [-0.39, 0.29) is 34.5 Å². The first-order chi connectivity index (χ1) is 20.4. The summed E-state index contributed by atoms with van der Waals surface area (Å²) in [6.07, 6.45) is -0.853. The average Bonchev–Trinajstić information content (AvgIpc) is 3.50. The highest BCUT2D eigenvalue weighted by molar-refractivity contribution is 6.07. The van der Waals surface area contributed by atoms with Crippen molar-refractivity contribution in [3.8, 4) is 17.2 Å². The number of piperazine rings is 1. The highest BCUT2D eigenvalue weighted by atomic mass is 19.4. The van der Waals surface area contributed by atoms with Crippen LogP contribution in [0.2, 0.25) is 0 Å². The molecule has 2 aliphatic rings. The molecule has 1 amide bonds. The average molecular weight is 598 g/mol. The van der Waals surface area contributed by atoms with Crippen LogP contribution in [0.25, 0.3) is 11.1 Å². The lowest BCUT2D eigenvalue weighted by Crippen LogP contribution is -2.55. The number of amides is 1. The molecule has 5 rings (SSSR count). The summed E-state index contributed by atoms with van der Waals surface area (Å²) in [6.45, 7) is 6.45. The zero-order valence-corrected chi connectivity index (χ0v) is 23.9. The summed E-state index contributed by atoms with van der Waals surface area (Å²) in [4.78, 5) is 37.6. The van der Waals surface area contributed by atoms with Crippen LogP contribution < -0.4 is 20.7 Å². The first-order valence-electron chi connectivity index (χ1n) is 13.9. The standard InChI is InChI=1S/C30H31F4N7O2/c1-17-15-41(16-18(2)39(17)3)26-11-24(31)21(20-8-19(12-35)28(37-13-20)40-6-4-5-7-40)9-25(26)38-29(43)22-14-36-27(42)10-23(22)30(32,33)34/h8-11,13-14,17-18H,4-7,15-16H2,1-3H3,(H,36,42)(H,38,43). The van der Waals surface area contributed by atoms with E-state index in [1.165, 1.54) is 24.4 Å². The third kappa shape index (κ3) is 6.06. The van der Waals surface area contributed by atoms with Gasteiger partial charge in [0.2, 0.25) is 5.56 Å². The summed E-state index contributed by atoms with van der Waals surface area (Å²) in [5.41, 5.74) is -2.26. The predicted octanol–water partition coefficient (Wildman–Crippen LogP) is 4.85. The van der Waals surface area contributed by atoms with Crippen LogP contribution in [0.3, 0.4) is 0 Å². The minimum absolute atomic E-state index is 0.0174. The number of alkyl halides is 3. The van der Waals surface area contributed by atoms with Crippen molar-refractivity contribution in [3.63, 3.8) is 0 Å². The number of carbonyl (C=O) groups excluding carboxylic acids is 1. The van der Waals surface area contributed by atoms with Gasteiger partial charge in [0.05, 0.1) is 28.1 Å². The second kappa shape index (κ2) is 11.7. The van der Waals surface area contributed by atoms with Gasteiger partial charge in [-0.3, -0.25) is 14.5 Å². The highest BCUT2D eigenvalue weighted by Gasteiger charge is 2.36. The molecule has 226 valence electrons. The van der Waals surface area contributed by atoms with Gasteiger partial charge in [0.15, 0.2) is 0 Å². The number of hydrogen-bond donors (Lipinski definition) is 2. The number of hydrogen-bond acceptors (Lipinski definition) is 7. The topological polar surface area (TPSA) is 108 Å². The Morgan fingerprint density at radius 2 is 1.77 bits per heavy atom. The fourth-order valence-electron chi connectivity index (χ4n) is 5.70. The summed E-state index contributed by atoms with van der Waals surface area (Å²) in [5, 5.41) is 12.4. The molecule has 4 heterocycles. The number of carbonyl (C=O) groups is 1. The number of H-pyrrole nitrogens is 1. The molecule has 3 aromatic rings. The fraction of sp³-hybridized carbons (Fsp3) is 0.400. The number of nitriles is 1. The van der Waals surface area contributed by atoms with Gasteiger partial charge in [-0.25, -0.2) is 9.37 Å². The van der Waals surface area contributed by atoms with Crippen LogP contribution >= 0.6 is 0 Å². The Kier molecular flexibility index (Phi) is 8.16. The predicted molar refractivity (Wildman–Crippen MR) is 155 cm³/mol. The smallest absolute Gasteiger partial charge is 0.367 e. The van der Waals surface area contributed by atoms with Crippen LogP contribution in [0.1, 0.15) is 48.2 Å². The van der Waals surface area contributed by atoms with Crippen LogP contribution in [-0.4, -0.2) is 66.1 Å². The van der Waals surface area contributed by atoms with E-state index in [1.807, 2.05) is 30.7 Å². The van der Waals surface area contributed by atoms with Gasteiger partial charge < -0.3 is 20.1 Å². The summed E-state index contributed by atoms with van der Waals surface area (Å²) in [5.74, 6) is -1.27. The second-order valence-electron chi connectivity index (χ2n) is 11.1. The lowest BCUT2D eigenvalue weighted by molar-refractivity contribution is -0.138. The number of aromatic nitrogens is 2. The molecule has 13 heteroatoms. The molecule has 2 aromatic heterocycles. The number of aromatic amines is 1. The lowest BCUT2D eigenvalue weighted by Gasteiger charge is -2.44. The molecule has 2 N–H and O–H groups in total. The van der Waals surface area contributed by atoms with E-state index in [9.17, 15) is 28.0 Å². The maximum Gasteiger partial charge on any atom is 0.417 e. The minimum Gasteiger partial charge on any atom is -0.367 e. The van der Waals surface area contributed by atoms with Crippen molar-refractivity contribution < 1.29 is 22.4 Å². The molecule has 0 bridgehead atoms. The van der Waals surface area contributed by atoms with E-state index in [4.69, 9.17) is 0 Å². The van der Waals surface area contributed by atoms with Crippen LogP contribution in [0.4, 0.5) is 34.8 Å². The second-order valence-corrected chi connectivity index (χ2v) is 11.1. The molecule has 0 spiro atoms. The monoisotopic (exact) mass is 597 g/mol. The molecule has 2 unspecified atom stereocenters. The van der Waals surface area contributed by atoms with Crippen LogP contribution in [0.5, 0.6) is 0 Å². The van der Waals surface area contributed by atoms with Gasteiger partial charge in [-0.1, -0.05) is 0 Å². The van der Waals surface area contributed by atoms with Gasteiger partial charge in [-0.2, -0.15) is 18.4 Å². The number of likely N-dealkylation sites (N-methyl/N-ethyl adjacent to an activating group) is 1. The molecule has 2 aliphatic heterocycles. The molecular formula is C30H31F4N7O2. The Balaban J connectivity index is 1.60. The molecule has 0 saturated carbocycles. The summed E-state index contributed by atoms with van der Waals surface area (Å²) < 4.78 is 57.1. The lowest BCUT2D eigenvalue weighted by atomic mass is 10.0. The Bertz CT molecular complexity index is 1630. The Morgan fingerprint density at radius 3 is 2.40 bits per heavy atom. The van der Waals surface area contributed by atoms with Crippen molar-refractivity contribution >= 4 is 23.1 Å². The van der Waals surface area contributed by atoms with Gasteiger partial charge >= 0.3 is 6.18 Å². The van der Waals surface area contributed by atoms with E-state index < -0.39 is 34.6 Å². The van der Waals surface area contributed by atoms with Crippen molar-refractivity contribution in [1.29, 1.82) is 5.26 Å². The maximum absolute atomic E-state index is 15.8. The number of rotatable bonds is 5. The van der Waals surface area contributed by atoms with E-state index in [1.54, 1.807) is 0 Å². The Morgan fingerprint density at radius 1 is 1.09 bits per heavy atom. The third-order valence-electron chi connectivity index (χ3n) is 8.21. The number of pyridine rings is 2. The Hall–Kier alpha value is -4.44. The van der Waals surface area contributed by atoms with Gasteiger partial charge in [0, 0.05) is 67.8 Å². The summed E-state index contributed by atoms with van der Waals surface area (Å²) in [6, 6.07) is 6.69. The zero-order chi connectivity index (χ0) is 31.1. The van der Waals surface area contributed by atoms with Gasteiger partial charge in [-0.15, -0.1) is 0 Å². The van der Waals surface area contributed by atoms with Crippen molar-refractivity contribution in [2.45, 2.75) is 44.9 Å². The summed E-state index contributed by atoms with van der Waals surface area (Å²) in [7, 11) is 1.97. The van der Waals surface area contributed by atoms with Crippen molar-refractivity contribution in [2.75, 3.05) is 48.3 Å². The van der Waals surface area contributed by atoms with Crippen molar-refractivity contribution in [3.05, 3.63) is 69.5 Å². The molecule has 1 aromatic carbocycles. The SMILES string of the molecule is CC1CN(c2cc(F)c(-c3cnc(N4CCCC4)c(C#N)c3)cc2NC(=O)c2c[nH]c(=O)cc2C(F)(F)F)CC(C)N1C. The zero-order valence-electron chi connectivity index (χ0n) is 23.9. The number of nitrogens with zero attached hydrogens (tertiary/aromatic N) is 5. The molecule has 0 radical (unpaired) electrons. The molecular weight excluding hydrogens is 566 g/mol. The number of anilines is 3. The highest BCUT2D eigenvalue weighted by Crippen LogP contribution is 2.38. The third-order valence-corrected chi connectivity index (χ3v) is 8.21. The maximum atomic E-state index is 15.8. The quantitative estimate of drug-likeness (QED) is 0.405. The van der Waals surface area contributed by atoms with Gasteiger partial charge in [-0.05, 0) is 51.9 Å². The molecule has 43 heavy (non-hydrogen) atoms. The minimum atomic E-state index is -4.96. The first kappa shape index (κ1) is 30.0. The normalized spacial score (nSPS) is 19.4. The van der Waals surface area contributed by atoms with E-state index >= 15 is 4.39 Å². The number of benzene rings is 1.